The van der Waals surface area contributed by atoms with E-state index in [1.165, 1.54) is 12.1 Å². The number of hydrogen-bond acceptors (Lipinski definition) is 3. The molecule has 2 amide bonds. The highest BCUT2D eigenvalue weighted by atomic mass is 19.1. The lowest BCUT2D eigenvalue weighted by Gasteiger charge is -2.41. The summed E-state index contributed by atoms with van der Waals surface area (Å²) < 4.78 is 18.7. The molecule has 154 valence electrons. The number of carbonyl (C=O) groups excluding carboxylic acids is 2. The lowest BCUT2D eigenvalue weighted by atomic mass is 9.83. The van der Waals surface area contributed by atoms with Crippen LogP contribution in [0.5, 0.6) is 5.75 Å². The van der Waals surface area contributed by atoms with Crippen LogP contribution in [0, 0.1) is 11.7 Å². The molecule has 2 atom stereocenters. The summed E-state index contributed by atoms with van der Waals surface area (Å²) in [6.07, 6.45) is 2.64. The van der Waals surface area contributed by atoms with Gasteiger partial charge in [-0.05, 0) is 54.8 Å². The predicted octanol–water partition coefficient (Wildman–Crippen LogP) is 4.23. The summed E-state index contributed by atoms with van der Waals surface area (Å²) in [6, 6.07) is 12.7. The zero-order valence-electron chi connectivity index (χ0n) is 16.9. The average molecular weight is 398 g/mol. The minimum Gasteiger partial charge on any atom is -0.497 e. The van der Waals surface area contributed by atoms with Gasteiger partial charge in [0, 0.05) is 18.7 Å². The molecule has 0 spiro atoms. The molecule has 1 N–H and O–H groups in total. The van der Waals surface area contributed by atoms with Crippen molar-refractivity contribution in [2.45, 2.75) is 38.6 Å². The van der Waals surface area contributed by atoms with Crippen LogP contribution in [0.15, 0.2) is 48.5 Å². The van der Waals surface area contributed by atoms with E-state index in [0.717, 1.165) is 18.4 Å². The molecular formula is C23H27FN2O3. The number of ether oxygens (including phenoxy) is 1. The Bertz CT molecular complexity index is 836. The first kappa shape index (κ1) is 20.8. The van der Waals surface area contributed by atoms with Crippen LogP contribution in [0.2, 0.25) is 0 Å². The van der Waals surface area contributed by atoms with Crippen molar-refractivity contribution in [2.24, 2.45) is 5.92 Å². The highest BCUT2D eigenvalue weighted by Crippen LogP contribution is 2.40. The van der Waals surface area contributed by atoms with Gasteiger partial charge in [0.15, 0.2) is 0 Å². The lowest BCUT2D eigenvalue weighted by molar-refractivity contribution is -0.129. The zero-order chi connectivity index (χ0) is 20.8. The number of methoxy groups -OCH3 is 1. The second kappa shape index (κ2) is 9.54. The van der Waals surface area contributed by atoms with Crippen molar-refractivity contribution >= 4 is 17.5 Å². The van der Waals surface area contributed by atoms with E-state index in [1.54, 1.807) is 36.3 Å². The normalized spacial score (nSPS) is 19.1. The Kier molecular flexibility index (Phi) is 6.86. The van der Waals surface area contributed by atoms with Crippen LogP contribution >= 0.6 is 0 Å². The fourth-order valence-electron chi connectivity index (χ4n) is 3.78. The van der Waals surface area contributed by atoms with Crippen molar-refractivity contribution < 1.29 is 18.7 Å². The Hall–Kier alpha value is -2.89. The second-order valence-electron chi connectivity index (χ2n) is 7.25. The summed E-state index contributed by atoms with van der Waals surface area (Å²) in [5.74, 6) is -0.195. The van der Waals surface area contributed by atoms with Gasteiger partial charge in [0.25, 0.3) is 0 Å². The maximum absolute atomic E-state index is 13.5. The van der Waals surface area contributed by atoms with Crippen LogP contribution in [0.4, 0.5) is 10.1 Å². The molecule has 2 aromatic carbocycles. The number of carbonyl (C=O) groups is 2. The Balaban J connectivity index is 1.98. The predicted molar refractivity (Wildman–Crippen MR) is 110 cm³/mol. The van der Waals surface area contributed by atoms with Crippen LogP contribution < -0.4 is 15.0 Å². The standard InChI is InChI=1S/C23H27FN2O3/c1-3-4-15-25-23(28)20-13-14-21(27)26(18-9-11-19(29-2)12-10-18)22(20)16-5-7-17(24)8-6-16/h5-12,20,22H,3-4,13-15H2,1-2H3,(H,25,28)/t20-,22-/m0/s1. The van der Waals surface area contributed by atoms with E-state index < -0.39 is 12.0 Å². The van der Waals surface area contributed by atoms with E-state index in [2.05, 4.69) is 12.2 Å². The van der Waals surface area contributed by atoms with E-state index in [0.29, 0.717) is 24.4 Å². The Morgan fingerprint density at radius 1 is 1.17 bits per heavy atom. The molecule has 0 saturated carbocycles. The van der Waals surface area contributed by atoms with Crippen molar-refractivity contribution in [3.05, 3.63) is 59.9 Å². The van der Waals surface area contributed by atoms with Crippen LogP contribution in [0.3, 0.4) is 0 Å². The highest BCUT2D eigenvalue weighted by Gasteiger charge is 2.41. The lowest BCUT2D eigenvalue weighted by Crippen LogP contribution is -2.48. The summed E-state index contributed by atoms with van der Waals surface area (Å²) in [5.41, 5.74) is 1.43. The van der Waals surface area contributed by atoms with Crippen molar-refractivity contribution in [2.75, 3.05) is 18.6 Å². The molecule has 0 bridgehead atoms. The number of piperidine rings is 1. The molecule has 0 unspecified atom stereocenters. The van der Waals surface area contributed by atoms with Gasteiger partial charge in [0.05, 0.1) is 19.1 Å². The maximum Gasteiger partial charge on any atom is 0.227 e. The van der Waals surface area contributed by atoms with E-state index in [4.69, 9.17) is 4.74 Å². The number of benzene rings is 2. The van der Waals surface area contributed by atoms with Gasteiger partial charge in [-0.2, -0.15) is 0 Å². The largest absolute Gasteiger partial charge is 0.497 e. The quantitative estimate of drug-likeness (QED) is 0.710. The number of halogens is 1. The van der Waals surface area contributed by atoms with Gasteiger partial charge < -0.3 is 15.0 Å². The Labute approximate surface area is 170 Å². The molecule has 3 rings (SSSR count). The SMILES string of the molecule is CCCCNC(=O)[C@H]1CCC(=O)N(c2ccc(OC)cc2)[C@H]1c1ccc(F)cc1. The van der Waals surface area contributed by atoms with Gasteiger partial charge >= 0.3 is 0 Å². The molecule has 6 heteroatoms. The van der Waals surface area contributed by atoms with Crippen molar-refractivity contribution in [3.63, 3.8) is 0 Å². The Morgan fingerprint density at radius 2 is 1.86 bits per heavy atom. The van der Waals surface area contributed by atoms with E-state index in [-0.39, 0.29) is 24.1 Å². The summed E-state index contributed by atoms with van der Waals surface area (Å²) in [7, 11) is 1.58. The van der Waals surface area contributed by atoms with Crippen LogP contribution in [-0.4, -0.2) is 25.5 Å². The topological polar surface area (TPSA) is 58.6 Å². The van der Waals surface area contributed by atoms with Gasteiger partial charge in [-0.25, -0.2) is 4.39 Å². The van der Waals surface area contributed by atoms with E-state index >= 15 is 0 Å². The average Bonchev–Trinajstić information content (AvgIpc) is 2.74. The first-order valence-corrected chi connectivity index (χ1v) is 10.0. The molecule has 0 radical (unpaired) electrons. The second-order valence-corrected chi connectivity index (χ2v) is 7.25. The minimum absolute atomic E-state index is 0.0536. The van der Waals surface area contributed by atoms with Crippen molar-refractivity contribution in [1.29, 1.82) is 0 Å². The molecule has 1 saturated heterocycles. The van der Waals surface area contributed by atoms with Gasteiger partial charge in [0.1, 0.15) is 11.6 Å². The van der Waals surface area contributed by atoms with Gasteiger partial charge in [0.2, 0.25) is 11.8 Å². The fraction of sp³-hybridized carbons (Fsp3) is 0.391. The Morgan fingerprint density at radius 3 is 2.48 bits per heavy atom. The third kappa shape index (κ3) is 4.75. The fourth-order valence-corrected chi connectivity index (χ4v) is 3.78. The first-order chi connectivity index (χ1) is 14.0. The van der Waals surface area contributed by atoms with Crippen molar-refractivity contribution in [1.82, 2.24) is 5.32 Å². The summed E-state index contributed by atoms with van der Waals surface area (Å²) in [5, 5.41) is 3.00. The maximum atomic E-state index is 13.5. The van der Waals surface area contributed by atoms with Gasteiger partial charge in [-0.15, -0.1) is 0 Å². The van der Waals surface area contributed by atoms with Gasteiger partial charge in [-0.1, -0.05) is 25.5 Å². The molecule has 1 aliphatic heterocycles. The third-order valence-electron chi connectivity index (χ3n) is 5.33. The van der Waals surface area contributed by atoms with E-state index in [1.807, 2.05) is 12.1 Å². The smallest absolute Gasteiger partial charge is 0.227 e. The molecule has 29 heavy (non-hydrogen) atoms. The number of amides is 2. The first-order valence-electron chi connectivity index (χ1n) is 10.0. The monoisotopic (exact) mass is 398 g/mol. The highest BCUT2D eigenvalue weighted by molar-refractivity contribution is 5.97. The zero-order valence-corrected chi connectivity index (χ0v) is 16.9. The molecule has 2 aromatic rings. The molecular weight excluding hydrogens is 371 g/mol. The van der Waals surface area contributed by atoms with Gasteiger partial charge in [-0.3, -0.25) is 9.59 Å². The summed E-state index contributed by atoms with van der Waals surface area (Å²) >= 11 is 0. The minimum atomic E-state index is -0.494. The number of rotatable bonds is 7. The number of nitrogens with one attached hydrogen (secondary N) is 1. The molecule has 5 nitrogen and oxygen atoms in total. The number of hydrogen-bond donors (Lipinski definition) is 1. The summed E-state index contributed by atoms with van der Waals surface area (Å²) in [6.45, 7) is 2.68. The number of nitrogens with zero attached hydrogens (tertiary/aromatic N) is 1. The molecule has 0 aromatic heterocycles. The molecule has 1 aliphatic rings. The van der Waals surface area contributed by atoms with Crippen LogP contribution in [0.1, 0.15) is 44.2 Å². The third-order valence-corrected chi connectivity index (χ3v) is 5.33. The summed E-state index contributed by atoms with van der Waals surface area (Å²) in [4.78, 5) is 27.5. The molecule has 1 heterocycles. The molecule has 1 fully saturated rings. The number of anilines is 1. The number of unbranched alkanes of at least 4 members (excludes halogenated alkanes) is 1. The van der Waals surface area contributed by atoms with E-state index in [9.17, 15) is 14.0 Å². The van der Waals surface area contributed by atoms with Crippen LogP contribution in [-0.2, 0) is 9.59 Å². The van der Waals surface area contributed by atoms with Crippen molar-refractivity contribution in [3.8, 4) is 5.75 Å². The van der Waals surface area contributed by atoms with Crippen LogP contribution in [0.25, 0.3) is 0 Å². The molecule has 0 aliphatic carbocycles.